The summed E-state index contributed by atoms with van der Waals surface area (Å²) in [4.78, 5) is 29.4. The number of rotatable bonds is 5. The van der Waals surface area contributed by atoms with E-state index in [1.165, 1.54) is 4.90 Å². The van der Waals surface area contributed by atoms with Crippen molar-refractivity contribution in [3.8, 4) is 0 Å². The number of nitrogens with zero attached hydrogens (tertiary/aromatic N) is 3. The lowest BCUT2D eigenvalue weighted by molar-refractivity contribution is -0.139. The van der Waals surface area contributed by atoms with Crippen molar-refractivity contribution in [2.24, 2.45) is 0 Å². The molecule has 2 heterocycles. The zero-order chi connectivity index (χ0) is 13.4. The molecule has 2 unspecified atom stereocenters. The molecule has 1 aromatic rings. The van der Waals surface area contributed by atoms with Gasteiger partial charge in [-0.05, 0) is 19.8 Å². The highest BCUT2D eigenvalue weighted by molar-refractivity contribution is 6.06. The van der Waals surface area contributed by atoms with Crippen LogP contribution in [0.5, 0.6) is 0 Å². The van der Waals surface area contributed by atoms with Crippen molar-refractivity contribution in [2.75, 3.05) is 0 Å². The van der Waals surface area contributed by atoms with E-state index in [0.717, 1.165) is 19.4 Å². The Morgan fingerprint density at radius 1 is 1.47 bits per heavy atom. The Bertz CT molecular complexity index is 481. The SMILES string of the molecule is CC(Cn1ccnc1)NC1CC(=O)N(C2CC2)C1=O. The zero-order valence-corrected chi connectivity index (χ0v) is 11.0. The summed E-state index contributed by atoms with van der Waals surface area (Å²) in [6.07, 6.45) is 7.59. The van der Waals surface area contributed by atoms with E-state index < -0.39 is 0 Å². The Morgan fingerprint density at radius 2 is 2.26 bits per heavy atom. The minimum Gasteiger partial charge on any atom is -0.336 e. The number of likely N-dealkylation sites (tertiary alicyclic amines) is 1. The number of carbonyl (C=O) groups is 2. The fourth-order valence-electron chi connectivity index (χ4n) is 2.60. The number of carbonyl (C=O) groups excluding carboxylic acids is 2. The molecular weight excluding hydrogens is 244 g/mol. The van der Waals surface area contributed by atoms with Gasteiger partial charge in [0.2, 0.25) is 11.8 Å². The first-order valence-electron chi connectivity index (χ1n) is 6.73. The van der Waals surface area contributed by atoms with Gasteiger partial charge in [0, 0.05) is 31.0 Å². The minimum atomic E-state index is -0.355. The first-order chi connectivity index (χ1) is 9.15. The third-order valence-electron chi connectivity index (χ3n) is 3.62. The molecule has 1 N–H and O–H groups in total. The average molecular weight is 262 g/mol. The maximum Gasteiger partial charge on any atom is 0.247 e. The fraction of sp³-hybridized carbons (Fsp3) is 0.615. The molecule has 2 atom stereocenters. The van der Waals surface area contributed by atoms with Gasteiger partial charge in [-0.1, -0.05) is 0 Å². The van der Waals surface area contributed by atoms with Crippen LogP contribution in [0.4, 0.5) is 0 Å². The fourth-order valence-corrected chi connectivity index (χ4v) is 2.60. The van der Waals surface area contributed by atoms with Gasteiger partial charge in [0.25, 0.3) is 0 Å². The molecule has 2 amide bonds. The standard InChI is InChI=1S/C13H18N4O2/c1-9(7-16-5-4-14-8-16)15-11-6-12(18)17(13(11)19)10-2-3-10/h4-5,8-11,15H,2-3,6-7H2,1H3. The van der Waals surface area contributed by atoms with E-state index in [0.29, 0.717) is 6.42 Å². The van der Waals surface area contributed by atoms with Crippen molar-refractivity contribution < 1.29 is 9.59 Å². The van der Waals surface area contributed by atoms with Crippen LogP contribution in [-0.2, 0) is 16.1 Å². The second kappa shape index (κ2) is 4.77. The molecule has 1 aliphatic heterocycles. The number of amides is 2. The van der Waals surface area contributed by atoms with E-state index >= 15 is 0 Å². The first kappa shape index (κ1) is 12.3. The molecule has 2 aliphatic rings. The van der Waals surface area contributed by atoms with Crippen LogP contribution in [0.2, 0.25) is 0 Å². The molecule has 0 spiro atoms. The number of hydrogen-bond acceptors (Lipinski definition) is 4. The van der Waals surface area contributed by atoms with Crippen LogP contribution in [0.3, 0.4) is 0 Å². The molecule has 102 valence electrons. The topological polar surface area (TPSA) is 67.2 Å². The predicted molar refractivity (Wildman–Crippen MR) is 68.1 cm³/mol. The summed E-state index contributed by atoms with van der Waals surface area (Å²) in [5, 5.41) is 3.25. The van der Waals surface area contributed by atoms with Crippen LogP contribution in [0.15, 0.2) is 18.7 Å². The van der Waals surface area contributed by atoms with Crippen LogP contribution in [-0.4, -0.2) is 44.4 Å². The third kappa shape index (κ3) is 2.53. The van der Waals surface area contributed by atoms with Crippen molar-refractivity contribution in [3.63, 3.8) is 0 Å². The summed E-state index contributed by atoms with van der Waals surface area (Å²) >= 11 is 0. The second-order valence-electron chi connectivity index (χ2n) is 5.42. The van der Waals surface area contributed by atoms with E-state index in [1.54, 1.807) is 12.5 Å². The van der Waals surface area contributed by atoms with E-state index in [4.69, 9.17) is 0 Å². The van der Waals surface area contributed by atoms with Gasteiger partial charge in [0.05, 0.1) is 18.8 Å². The molecule has 1 aliphatic carbocycles. The summed E-state index contributed by atoms with van der Waals surface area (Å²) in [6.45, 7) is 2.75. The van der Waals surface area contributed by atoms with Crippen LogP contribution in [0.25, 0.3) is 0 Å². The van der Waals surface area contributed by atoms with Crippen molar-refractivity contribution >= 4 is 11.8 Å². The molecule has 0 bridgehead atoms. The predicted octanol–water partition coefficient (Wildman–Crippen LogP) is 0.151. The van der Waals surface area contributed by atoms with Gasteiger partial charge >= 0.3 is 0 Å². The Morgan fingerprint density at radius 3 is 2.89 bits per heavy atom. The summed E-state index contributed by atoms with van der Waals surface area (Å²) < 4.78 is 1.96. The number of imide groups is 1. The Balaban J connectivity index is 1.58. The minimum absolute atomic E-state index is 0.0279. The van der Waals surface area contributed by atoms with Crippen molar-refractivity contribution in [1.82, 2.24) is 19.8 Å². The molecular formula is C13H18N4O2. The maximum absolute atomic E-state index is 12.2. The highest BCUT2D eigenvalue weighted by atomic mass is 16.2. The molecule has 19 heavy (non-hydrogen) atoms. The van der Waals surface area contributed by atoms with Crippen LogP contribution in [0, 0.1) is 0 Å². The van der Waals surface area contributed by atoms with E-state index in [1.807, 2.05) is 17.7 Å². The second-order valence-corrected chi connectivity index (χ2v) is 5.42. The lowest BCUT2D eigenvalue weighted by Gasteiger charge is -2.19. The summed E-state index contributed by atoms with van der Waals surface area (Å²) in [5.74, 6) is -0.0789. The van der Waals surface area contributed by atoms with Gasteiger partial charge in [0.1, 0.15) is 0 Å². The van der Waals surface area contributed by atoms with Crippen LogP contribution in [0.1, 0.15) is 26.2 Å². The molecule has 1 saturated carbocycles. The van der Waals surface area contributed by atoms with Gasteiger partial charge in [-0.2, -0.15) is 0 Å². The number of aromatic nitrogens is 2. The number of imidazole rings is 1. The zero-order valence-electron chi connectivity index (χ0n) is 11.0. The highest BCUT2D eigenvalue weighted by Gasteiger charge is 2.46. The normalized spacial score (nSPS) is 25.1. The Kier molecular flexibility index (Phi) is 3.10. The molecule has 6 heteroatoms. The number of hydrogen-bond donors (Lipinski definition) is 1. The molecule has 0 aromatic carbocycles. The van der Waals surface area contributed by atoms with Crippen molar-refractivity contribution in [2.45, 2.75) is 50.9 Å². The monoisotopic (exact) mass is 262 g/mol. The van der Waals surface area contributed by atoms with E-state index in [-0.39, 0.29) is 29.9 Å². The van der Waals surface area contributed by atoms with Gasteiger partial charge in [-0.25, -0.2) is 4.98 Å². The molecule has 3 rings (SSSR count). The Labute approximate surface area is 111 Å². The molecule has 2 fully saturated rings. The average Bonchev–Trinajstić information content (AvgIpc) is 2.98. The molecule has 1 saturated heterocycles. The van der Waals surface area contributed by atoms with E-state index in [9.17, 15) is 9.59 Å². The van der Waals surface area contributed by atoms with Gasteiger partial charge in [-0.3, -0.25) is 14.5 Å². The van der Waals surface area contributed by atoms with Crippen molar-refractivity contribution in [3.05, 3.63) is 18.7 Å². The summed E-state index contributed by atoms with van der Waals surface area (Å²) in [6, 6.07) is -0.0579. The lowest BCUT2D eigenvalue weighted by atomic mass is 10.2. The van der Waals surface area contributed by atoms with Crippen LogP contribution >= 0.6 is 0 Å². The van der Waals surface area contributed by atoms with E-state index in [2.05, 4.69) is 10.3 Å². The van der Waals surface area contributed by atoms with Gasteiger partial charge < -0.3 is 9.88 Å². The smallest absolute Gasteiger partial charge is 0.247 e. The van der Waals surface area contributed by atoms with Crippen LogP contribution < -0.4 is 5.32 Å². The van der Waals surface area contributed by atoms with Crippen molar-refractivity contribution in [1.29, 1.82) is 0 Å². The summed E-state index contributed by atoms with van der Waals surface area (Å²) in [7, 11) is 0. The lowest BCUT2D eigenvalue weighted by Crippen LogP contribution is -2.44. The van der Waals surface area contributed by atoms with Gasteiger partial charge in [0.15, 0.2) is 0 Å². The number of nitrogens with one attached hydrogen (secondary N) is 1. The Hall–Kier alpha value is -1.69. The quantitative estimate of drug-likeness (QED) is 0.767. The molecule has 1 aromatic heterocycles. The summed E-state index contributed by atoms with van der Waals surface area (Å²) in [5.41, 5.74) is 0. The first-order valence-corrected chi connectivity index (χ1v) is 6.73. The highest BCUT2D eigenvalue weighted by Crippen LogP contribution is 2.31. The third-order valence-corrected chi connectivity index (χ3v) is 3.62. The molecule has 0 radical (unpaired) electrons. The maximum atomic E-state index is 12.2. The molecule has 6 nitrogen and oxygen atoms in total. The largest absolute Gasteiger partial charge is 0.336 e. The van der Waals surface area contributed by atoms with Gasteiger partial charge in [-0.15, -0.1) is 0 Å².